The monoisotopic (exact) mass is 140 g/mol. The van der Waals surface area contributed by atoms with Crippen molar-refractivity contribution in [1.82, 2.24) is 0 Å². The molecule has 0 unspecified atom stereocenters. The first kappa shape index (κ1) is 9.39. The molecule has 1 N–H and O–H groups in total. The molecule has 46 valence electrons. The number of rotatable bonds is 2. The Kier molecular flexibility index (Phi) is 3.68. The van der Waals surface area contributed by atoms with E-state index in [-0.39, 0.29) is 36.2 Å². The Morgan fingerprint density at radius 2 is 2.33 bits per heavy atom. The van der Waals surface area contributed by atoms with Gasteiger partial charge in [0.05, 0.1) is 12.6 Å². The van der Waals surface area contributed by atoms with E-state index in [1.165, 1.54) is 0 Å². The summed E-state index contributed by atoms with van der Waals surface area (Å²) < 4.78 is 4.42. The van der Waals surface area contributed by atoms with E-state index >= 15 is 0 Å². The molecule has 0 aliphatic carbocycles. The fourth-order valence-corrected chi connectivity index (χ4v) is 0.489. The average molecular weight is 140 g/mol. The van der Waals surface area contributed by atoms with Crippen LogP contribution in [-0.4, -0.2) is 29.9 Å². The van der Waals surface area contributed by atoms with Crippen molar-refractivity contribution < 1.29 is 49.3 Å². The Balaban J connectivity index is 0.000000640. The fourth-order valence-electron chi connectivity index (χ4n) is 0.489. The Labute approximate surface area is 74.1 Å². The number of hydrogen-bond acceptors (Lipinski definition) is 4. The maximum atomic E-state index is 9.78. The van der Waals surface area contributed by atoms with Gasteiger partial charge in [-0.05, 0) is 0 Å². The molecule has 2 atom stereocenters. The van der Waals surface area contributed by atoms with E-state index in [1.54, 1.807) is 0 Å². The van der Waals surface area contributed by atoms with Gasteiger partial charge in [-0.25, -0.2) is 0 Å². The van der Waals surface area contributed by atoms with Crippen LogP contribution in [-0.2, 0) is 9.53 Å². The number of carboxylic acids is 1. The van der Waals surface area contributed by atoms with Gasteiger partial charge in [0.1, 0.15) is 12.2 Å². The van der Waals surface area contributed by atoms with E-state index in [0.29, 0.717) is 0 Å². The van der Waals surface area contributed by atoms with Crippen LogP contribution >= 0.6 is 0 Å². The predicted molar refractivity (Wildman–Crippen MR) is 20.8 cm³/mol. The van der Waals surface area contributed by atoms with Gasteiger partial charge in [-0.3, -0.25) is 0 Å². The number of aliphatic carboxylic acids is 1. The van der Waals surface area contributed by atoms with Crippen molar-refractivity contribution in [2.45, 2.75) is 12.2 Å². The topological polar surface area (TPSA) is 72.9 Å². The van der Waals surface area contributed by atoms with Gasteiger partial charge in [-0.15, -0.1) is 0 Å². The van der Waals surface area contributed by atoms with E-state index in [0.717, 1.165) is 0 Å². The Morgan fingerprint density at radius 1 is 1.78 bits per heavy atom. The van der Waals surface area contributed by atoms with Crippen LogP contribution in [0.2, 0.25) is 0 Å². The van der Waals surface area contributed by atoms with Gasteiger partial charge < -0.3 is 19.7 Å². The minimum absolute atomic E-state index is 0. The zero-order valence-corrected chi connectivity index (χ0v) is 7.03. The number of epoxide rings is 1. The number of carboxylic acid groups (broad SMARTS) is 1. The van der Waals surface area contributed by atoms with Crippen LogP contribution in [0.15, 0.2) is 0 Å². The molecule has 1 heterocycles. The molecule has 0 saturated carbocycles. The van der Waals surface area contributed by atoms with Gasteiger partial charge in [-0.1, -0.05) is 0 Å². The van der Waals surface area contributed by atoms with E-state index in [2.05, 4.69) is 4.74 Å². The summed E-state index contributed by atoms with van der Waals surface area (Å²) in [5.74, 6) is -1.25. The van der Waals surface area contributed by atoms with E-state index in [9.17, 15) is 9.90 Å². The minimum Gasteiger partial charge on any atom is -0.547 e. The zero-order chi connectivity index (χ0) is 6.15. The summed E-state index contributed by atoms with van der Waals surface area (Å²) in [6, 6.07) is 0. The molecule has 9 heavy (non-hydrogen) atoms. The van der Waals surface area contributed by atoms with Crippen LogP contribution in [0.25, 0.3) is 0 Å². The first-order valence-electron chi connectivity index (χ1n) is 2.23. The molecule has 0 aromatic rings. The third kappa shape index (κ3) is 2.23. The summed E-state index contributed by atoms with van der Waals surface area (Å²) >= 11 is 0. The number of aliphatic hydroxyl groups excluding tert-OH is 1. The van der Waals surface area contributed by atoms with Gasteiger partial charge in [0, 0.05) is 0 Å². The van der Waals surface area contributed by atoms with Gasteiger partial charge in [0.25, 0.3) is 0 Å². The summed E-state index contributed by atoms with van der Waals surface area (Å²) in [4.78, 5) is 9.78. The van der Waals surface area contributed by atoms with Crippen LogP contribution < -0.4 is 34.7 Å². The molecular weight excluding hydrogens is 135 g/mol. The molecular formula is C4H5NaO4. The van der Waals surface area contributed by atoms with E-state index in [4.69, 9.17) is 5.11 Å². The molecule has 1 aliphatic rings. The molecule has 0 amide bonds. The Bertz CT molecular complexity index is 115. The number of carbonyl (C=O) groups is 1. The number of carbonyl (C=O) groups excluding carboxylic acids is 1. The van der Waals surface area contributed by atoms with Crippen molar-refractivity contribution >= 4 is 5.97 Å². The van der Waals surface area contributed by atoms with E-state index < -0.39 is 18.2 Å². The molecule has 0 aromatic carbocycles. The van der Waals surface area contributed by atoms with Crippen LogP contribution in [0.1, 0.15) is 0 Å². The zero-order valence-electron chi connectivity index (χ0n) is 5.03. The fraction of sp³-hybridized carbons (Fsp3) is 0.750. The smallest absolute Gasteiger partial charge is 0.547 e. The Hall–Kier alpha value is 0.390. The SMILES string of the molecule is O=C([O-])[C@@H]1O[C@H]1CO.[Na+]. The summed E-state index contributed by atoms with van der Waals surface area (Å²) in [6.45, 7) is -0.237. The molecule has 5 heteroatoms. The van der Waals surface area contributed by atoms with Crippen LogP contribution in [0.4, 0.5) is 0 Å². The molecule has 1 saturated heterocycles. The molecule has 0 radical (unpaired) electrons. The number of ether oxygens (including phenoxy) is 1. The molecule has 0 bridgehead atoms. The molecule has 1 rings (SSSR count). The van der Waals surface area contributed by atoms with Crippen molar-refractivity contribution in [3.05, 3.63) is 0 Å². The normalized spacial score (nSPS) is 30.8. The van der Waals surface area contributed by atoms with Crippen molar-refractivity contribution in [3.8, 4) is 0 Å². The molecule has 0 aromatic heterocycles. The maximum absolute atomic E-state index is 9.78. The molecule has 4 nitrogen and oxygen atoms in total. The third-order valence-electron chi connectivity index (χ3n) is 0.995. The van der Waals surface area contributed by atoms with E-state index in [1.807, 2.05) is 0 Å². The second-order valence-corrected chi connectivity index (χ2v) is 1.60. The van der Waals surface area contributed by atoms with Gasteiger partial charge in [0.2, 0.25) is 0 Å². The summed E-state index contributed by atoms with van der Waals surface area (Å²) in [5.41, 5.74) is 0. The van der Waals surface area contributed by atoms with Gasteiger partial charge in [0.15, 0.2) is 0 Å². The van der Waals surface area contributed by atoms with Crippen LogP contribution in [0.5, 0.6) is 0 Å². The van der Waals surface area contributed by atoms with Crippen molar-refractivity contribution in [1.29, 1.82) is 0 Å². The second-order valence-electron chi connectivity index (χ2n) is 1.60. The molecule has 1 aliphatic heterocycles. The number of hydrogen-bond donors (Lipinski definition) is 1. The van der Waals surface area contributed by atoms with Crippen molar-refractivity contribution in [2.24, 2.45) is 0 Å². The van der Waals surface area contributed by atoms with Gasteiger partial charge in [-0.2, -0.15) is 0 Å². The third-order valence-corrected chi connectivity index (χ3v) is 0.995. The van der Waals surface area contributed by atoms with Gasteiger partial charge >= 0.3 is 29.6 Å². The van der Waals surface area contributed by atoms with Crippen molar-refractivity contribution in [3.63, 3.8) is 0 Å². The minimum atomic E-state index is -1.25. The summed E-state index contributed by atoms with van der Waals surface area (Å²) in [7, 11) is 0. The molecule has 1 fully saturated rings. The maximum Gasteiger partial charge on any atom is 1.00 e. The standard InChI is InChI=1S/C4H6O4.Na/c5-1-2-3(8-2)4(6)7;/h2-3,5H,1H2,(H,6,7);/q;+1/p-1/t2-,3+;/m0./s1. The first-order chi connectivity index (χ1) is 3.75. The van der Waals surface area contributed by atoms with Crippen molar-refractivity contribution in [2.75, 3.05) is 6.61 Å². The largest absolute Gasteiger partial charge is 1.00 e. The number of aliphatic hydroxyl groups is 1. The molecule has 0 spiro atoms. The first-order valence-corrected chi connectivity index (χ1v) is 2.23. The predicted octanol–water partition coefficient (Wildman–Crippen LogP) is -5.50. The summed E-state index contributed by atoms with van der Waals surface area (Å²) in [5, 5.41) is 18.0. The van der Waals surface area contributed by atoms with Crippen LogP contribution in [0, 0.1) is 0 Å². The summed E-state index contributed by atoms with van der Waals surface area (Å²) in [6.07, 6.45) is -1.38. The second kappa shape index (κ2) is 3.53. The quantitative estimate of drug-likeness (QED) is 0.307. The Morgan fingerprint density at radius 3 is 2.44 bits per heavy atom. The van der Waals surface area contributed by atoms with Crippen LogP contribution in [0.3, 0.4) is 0 Å². The average Bonchev–Trinajstić information content (AvgIpc) is 2.42.